The Labute approximate surface area is 79.7 Å². The van der Waals surface area contributed by atoms with Gasteiger partial charge in [0, 0.05) is 6.20 Å². The molecule has 0 unspecified atom stereocenters. The molecule has 3 N–H and O–H groups in total. The molecule has 0 spiro atoms. The first-order valence-corrected chi connectivity index (χ1v) is 3.53. The lowest BCUT2D eigenvalue weighted by Crippen LogP contribution is -2.03. The normalized spacial score (nSPS) is 8.36. The van der Waals surface area contributed by atoms with Crippen LogP contribution in [0.5, 0.6) is 0 Å². The molecular formula is C6H8BrN3S. The van der Waals surface area contributed by atoms with Gasteiger partial charge in [-0.3, -0.25) is 5.41 Å². The van der Waals surface area contributed by atoms with E-state index >= 15 is 0 Å². The van der Waals surface area contributed by atoms with Gasteiger partial charge in [0.05, 0.1) is 0 Å². The van der Waals surface area contributed by atoms with Crippen LogP contribution in [-0.2, 0) is 0 Å². The summed E-state index contributed by atoms with van der Waals surface area (Å²) in [5.41, 5.74) is 5.13. The van der Waals surface area contributed by atoms with Crippen LogP contribution in [0.1, 0.15) is 0 Å². The summed E-state index contributed by atoms with van der Waals surface area (Å²) in [6, 6.07) is 5.49. The number of hydrogen-bond acceptors (Lipinski definition) is 3. The summed E-state index contributed by atoms with van der Waals surface area (Å²) < 4.78 is 0. The van der Waals surface area contributed by atoms with Gasteiger partial charge in [0.2, 0.25) is 0 Å². The molecule has 1 aromatic heterocycles. The molecule has 0 amide bonds. The van der Waals surface area contributed by atoms with Crippen LogP contribution < -0.4 is 5.73 Å². The molecule has 0 aliphatic heterocycles. The number of rotatable bonds is 1. The third-order valence-electron chi connectivity index (χ3n) is 0.852. The maximum Gasteiger partial charge on any atom is 0.157 e. The van der Waals surface area contributed by atoms with E-state index in [1.54, 1.807) is 6.20 Å². The number of nitrogens with two attached hydrogens (primary N) is 1. The minimum Gasteiger partial charge on any atom is -0.378 e. The molecule has 1 aromatic rings. The Morgan fingerprint density at radius 2 is 2.27 bits per heavy atom. The molecule has 0 saturated heterocycles. The predicted molar refractivity (Wildman–Crippen MR) is 52.3 cm³/mol. The molecule has 0 aliphatic rings. The predicted octanol–water partition coefficient (Wildman–Crippen LogP) is 1.65. The molecule has 60 valence electrons. The molecule has 0 bridgehead atoms. The molecular weight excluding hydrogens is 226 g/mol. The smallest absolute Gasteiger partial charge is 0.157 e. The van der Waals surface area contributed by atoms with Gasteiger partial charge in [0.1, 0.15) is 5.03 Å². The zero-order valence-corrected chi connectivity index (χ0v) is 8.18. The number of aromatic nitrogens is 1. The van der Waals surface area contributed by atoms with Crippen LogP contribution >= 0.6 is 28.7 Å². The highest BCUT2D eigenvalue weighted by molar-refractivity contribution is 8.93. The SMILES string of the molecule is Br.N=C(N)Sc1ccccn1. The van der Waals surface area contributed by atoms with Gasteiger partial charge in [-0.2, -0.15) is 0 Å². The molecule has 0 saturated carbocycles. The minimum atomic E-state index is 0. The molecule has 0 atom stereocenters. The lowest BCUT2D eigenvalue weighted by molar-refractivity contribution is 1.14. The summed E-state index contributed by atoms with van der Waals surface area (Å²) >= 11 is 1.15. The Balaban J connectivity index is 0.000001000. The Morgan fingerprint density at radius 1 is 1.55 bits per heavy atom. The Hall–Kier alpha value is -0.550. The van der Waals surface area contributed by atoms with Gasteiger partial charge in [-0.25, -0.2) is 4.98 Å². The first-order valence-electron chi connectivity index (χ1n) is 2.72. The standard InChI is InChI=1S/C6H7N3S.BrH/c7-6(8)10-5-3-1-2-4-9-5;/h1-4H,(H3,7,8);1H. The van der Waals surface area contributed by atoms with E-state index in [0.29, 0.717) is 0 Å². The molecule has 0 radical (unpaired) electrons. The van der Waals surface area contributed by atoms with Crippen molar-refractivity contribution >= 4 is 33.9 Å². The molecule has 5 heteroatoms. The number of nitrogens with zero attached hydrogens (tertiary/aromatic N) is 1. The van der Waals surface area contributed by atoms with Gasteiger partial charge >= 0.3 is 0 Å². The number of amidine groups is 1. The maximum absolute atomic E-state index is 6.93. The molecule has 3 nitrogen and oxygen atoms in total. The van der Waals surface area contributed by atoms with Crippen molar-refractivity contribution in [3.8, 4) is 0 Å². The van der Waals surface area contributed by atoms with Gasteiger partial charge in [0.15, 0.2) is 5.17 Å². The van der Waals surface area contributed by atoms with Gasteiger partial charge in [-0.1, -0.05) is 6.07 Å². The van der Waals surface area contributed by atoms with E-state index in [9.17, 15) is 0 Å². The van der Waals surface area contributed by atoms with Crippen LogP contribution in [0.2, 0.25) is 0 Å². The van der Waals surface area contributed by atoms with Crippen LogP contribution in [0, 0.1) is 5.41 Å². The van der Waals surface area contributed by atoms with Crippen LogP contribution in [0.25, 0.3) is 0 Å². The summed E-state index contributed by atoms with van der Waals surface area (Å²) in [5.74, 6) is 0. The van der Waals surface area contributed by atoms with Crippen LogP contribution in [0.3, 0.4) is 0 Å². The van der Waals surface area contributed by atoms with Crippen molar-refractivity contribution in [3.63, 3.8) is 0 Å². The van der Waals surface area contributed by atoms with Crippen molar-refractivity contribution in [1.29, 1.82) is 5.41 Å². The second-order valence-corrected chi connectivity index (χ2v) is 2.70. The van der Waals surface area contributed by atoms with Crippen LogP contribution in [0.4, 0.5) is 0 Å². The minimum absolute atomic E-state index is 0. The van der Waals surface area contributed by atoms with E-state index in [4.69, 9.17) is 11.1 Å². The van der Waals surface area contributed by atoms with Gasteiger partial charge in [-0.05, 0) is 23.9 Å². The van der Waals surface area contributed by atoms with E-state index in [-0.39, 0.29) is 22.1 Å². The number of pyridine rings is 1. The lowest BCUT2D eigenvalue weighted by atomic mass is 10.5. The van der Waals surface area contributed by atoms with E-state index < -0.39 is 0 Å². The van der Waals surface area contributed by atoms with Gasteiger partial charge in [0.25, 0.3) is 0 Å². The second kappa shape index (κ2) is 5.15. The first-order chi connectivity index (χ1) is 4.79. The third kappa shape index (κ3) is 4.00. The van der Waals surface area contributed by atoms with Crippen molar-refractivity contribution in [3.05, 3.63) is 24.4 Å². The van der Waals surface area contributed by atoms with Gasteiger partial charge < -0.3 is 5.73 Å². The fourth-order valence-electron chi connectivity index (χ4n) is 0.520. The summed E-state index contributed by atoms with van der Waals surface area (Å²) in [4.78, 5) is 3.96. The first kappa shape index (κ1) is 10.4. The Kier molecular flexibility index (Phi) is 4.89. The highest BCUT2D eigenvalue weighted by atomic mass is 79.9. The largest absolute Gasteiger partial charge is 0.378 e. The van der Waals surface area contributed by atoms with E-state index in [2.05, 4.69) is 4.98 Å². The molecule has 0 fully saturated rings. The molecule has 1 heterocycles. The number of hydrogen-bond donors (Lipinski definition) is 2. The average molecular weight is 234 g/mol. The number of nitrogens with one attached hydrogen (secondary N) is 1. The summed E-state index contributed by atoms with van der Waals surface area (Å²) in [6.45, 7) is 0. The average Bonchev–Trinajstić information content (AvgIpc) is 1.88. The highest BCUT2D eigenvalue weighted by Crippen LogP contribution is 2.11. The number of thioether (sulfide) groups is 1. The quantitative estimate of drug-likeness (QED) is 0.441. The summed E-state index contributed by atoms with van der Waals surface area (Å²) in [6.07, 6.45) is 1.67. The van der Waals surface area contributed by atoms with E-state index in [1.165, 1.54) is 0 Å². The van der Waals surface area contributed by atoms with Crippen molar-refractivity contribution in [2.45, 2.75) is 5.03 Å². The molecule has 11 heavy (non-hydrogen) atoms. The topological polar surface area (TPSA) is 62.8 Å². The maximum atomic E-state index is 6.93. The number of halogens is 1. The Bertz CT molecular complexity index is 227. The molecule has 1 rings (SSSR count). The van der Waals surface area contributed by atoms with Crippen molar-refractivity contribution in [1.82, 2.24) is 4.98 Å². The monoisotopic (exact) mass is 233 g/mol. The fraction of sp³-hybridized carbons (Fsp3) is 0. The molecule has 0 aliphatic carbocycles. The molecule has 0 aromatic carbocycles. The van der Waals surface area contributed by atoms with Crippen LogP contribution in [-0.4, -0.2) is 10.2 Å². The zero-order valence-electron chi connectivity index (χ0n) is 5.65. The summed E-state index contributed by atoms with van der Waals surface area (Å²) in [7, 11) is 0. The zero-order chi connectivity index (χ0) is 7.40. The lowest BCUT2D eigenvalue weighted by Gasteiger charge is -1.94. The van der Waals surface area contributed by atoms with Crippen molar-refractivity contribution in [2.24, 2.45) is 5.73 Å². The van der Waals surface area contributed by atoms with Gasteiger partial charge in [-0.15, -0.1) is 17.0 Å². The van der Waals surface area contributed by atoms with E-state index in [0.717, 1.165) is 16.8 Å². The fourth-order valence-corrected chi connectivity index (χ4v) is 1.01. The Morgan fingerprint density at radius 3 is 2.73 bits per heavy atom. The van der Waals surface area contributed by atoms with Crippen molar-refractivity contribution in [2.75, 3.05) is 0 Å². The van der Waals surface area contributed by atoms with E-state index in [1.807, 2.05) is 18.2 Å². The highest BCUT2D eigenvalue weighted by Gasteiger charge is 1.93. The van der Waals surface area contributed by atoms with Crippen LogP contribution in [0.15, 0.2) is 29.4 Å². The third-order valence-corrected chi connectivity index (χ3v) is 1.52. The van der Waals surface area contributed by atoms with Crippen molar-refractivity contribution < 1.29 is 0 Å². The second-order valence-electron chi connectivity index (χ2n) is 1.63. The summed E-state index contributed by atoms with van der Waals surface area (Å²) in [5, 5.41) is 7.76.